The zero-order valence-corrected chi connectivity index (χ0v) is 19.0. The molecule has 0 radical (unpaired) electrons. The van der Waals surface area contributed by atoms with Crippen LogP contribution < -0.4 is 20.5 Å². The minimum absolute atomic E-state index is 0.113. The van der Waals surface area contributed by atoms with Crippen LogP contribution in [0, 0.1) is 0 Å². The van der Waals surface area contributed by atoms with Gasteiger partial charge in [-0.25, -0.2) is 18.5 Å². The van der Waals surface area contributed by atoms with Crippen molar-refractivity contribution in [1.29, 1.82) is 0 Å². The summed E-state index contributed by atoms with van der Waals surface area (Å²) in [6.45, 7) is 5.32. The van der Waals surface area contributed by atoms with Crippen molar-refractivity contribution in [2.45, 2.75) is 31.2 Å². The van der Waals surface area contributed by atoms with Crippen LogP contribution in [0.2, 0.25) is 0 Å². The first-order valence-electron chi connectivity index (χ1n) is 10.3. The smallest absolute Gasteiger partial charge is 0.238 e. The number of primary sulfonamides is 1. The summed E-state index contributed by atoms with van der Waals surface area (Å²) in [7, 11) is -2.03. The van der Waals surface area contributed by atoms with E-state index in [1.165, 1.54) is 12.1 Å². The van der Waals surface area contributed by atoms with E-state index in [0.717, 1.165) is 29.8 Å². The molecule has 0 saturated heterocycles. The highest BCUT2D eigenvalue weighted by Gasteiger charge is 2.07. The standard InChI is InChI=1S/C22H32N4O4S/c1-3-30-16-4-14-24-22(26-17-19-5-9-20(29-2)10-6-19)25-15-13-18-7-11-21(12-8-18)31(23,27)28/h5-12H,3-4,13-17H2,1-2H3,(H2,23,27,28)(H2,24,25,26). The molecule has 2 rings (SSSR count). The van der Waals surface area contributed by atoms with Gasteiger partial charge in [0.1, 0.15) is 5.75 Å². The van der Waals surface area contributed by atoms with Crippen LogP contribution in [0.1, 0.15) is 24.5 Å². The SMILES string of the molecule is CCOCCCNC(=NCc1ccc(OC)cc1)NCCc1ccc(S(N)(=O)=O)cc1. The molecular formula is C22H32N4O4S. The van der Waals surface area contributed by atoms with Crippen LogP contribution in [0.3, 0.4) is 0 Å². The molecule has 0 aliphatic carbocycles. The Hall–Kier alpha value is -2.62. The molecule has 2 aromatic rings. The van der Waals surface area contributed by atoms with Gasteiger partial charge in [-0.1, -0.05) is 24.3 Å². The van der Waals surface area contributed by atoms with Crippen LogP contribution in [0.15, 0.2) is 58.4 Å². The van der Waals surface area contributed by atoms with E-state index >= 15 is 0 Å². The average Bonchev–Trinajstić information content (AvgIpc) is 2.77. The molecule has 0 aliphatic rings. The molecule has 8 nitrogen and oxygen atoms in total. The highest BCUT2D eigenvalue weighted by molar-refractivity contribution is 7.89. The first-order valence-corrected chi connectivity index (χ1v) is 11.8. The Morgan fingerprint density at radius 3 is 2.26 bits per heavy atom. The largest absolute Gasteiger partial charge is 0.497 e. The molecule has 31 heavy (non-hydrogen) atoms. The number of guanidine groups is 1. The number of methoxy groups -OCH3 is 1. The van der Waals surface area contributed by atoms with Crippen LogP contribution in [-0.4, -0.2) is 47.8 Å². The molecule has 9 heteroatoms. The summed E-state index contributed by atoms with van der Waals surface area (Å²) in [5, 5.41) is 11.8. The third-order valence-electron chi connectivity index (χ3n) is 4.50. The number of hydrogen-bond donors (Lipinski definition) is 3. The lowest BCUT2D eigenvalue weighted by Crippen LogP contribution is -2.39. The normalized spacial score (nSPS) is 11.9. The zero-order chi connectivity index (χ0) is 22.5. The second kappa shape index (κ2) is 12.9. The molecule has 0 aromatic heterocycles. The van der Waals surface area contributed by atoms with Crippen molar-refractivity contribution < 1.29 is 17.9 Å². The lowest BCUT2D eigenvalue weighted by Gasteiger charge is -2.13. The van der Waals surface area contributed by atoms with E-state index in [1.807, 2.05) is 31.2 Å². The Morgan fingerprint density at radius 1 is 1.00 bits per heavy atom. The first-order chi connectivity index (χ1) is 14.9. The van der Waals surface area contributed by atoms with Crippen LogP contribution in [-0.2, 0) is 27.7 Å². The number of benzene rings is 2. The zero-order valence-electron chi connectivity index (χ0n) is 18.1. The van der Waals surface area contributed by atoms with Crippen molar-refractivity contribution in [3.8, 4) is 5.75 Å². The summed E-state index contributed by atoms with van der Waals surface area (Å²) >= 11 is 0. The van der Waals surface area contributed by atoms with Crippen molar-refractivity contribution in [2.24, 2.45) is 10.1 Å². The number of nitrogens with two attached hydrogens (primary N) is 1. The predicted octanol–water partition coefficient (Wildman–Crippen LogP) is 2.05. The van der Waals surface area contributed by atoms with Gasteiger partial charge in [0.25, 0.3) is 0 Å². The number of hydrogen-bond acceptors (Lipinski definition) is 5. The van der Waals surface area contributed by atoms with Crippen molar-refractivity contribution in [3.05, 3.63) is 59.7 Å². The third-order valence-corrected chi connectivity index (χ3v) is 5.43. The fourth-order valence-electron chi connectivity index (χ4n) is 2.77. The summed E-state index contributed by atoms with van der Waals surface area (Å²) in [5.41, 5.74) is 2.08. The quantitative estimate of drug-likeness (QED) is 0.260. The van der Waals surface area contributed by atoms with E-state index in [2.05, 4.69) is 15.6 Å². The molecule has 0 amide bonds. The molecular weight excluding hydrogens is 416 g/mol. The van der Waals surface area contributed by atoms with Gasteiger partial charge in [-0.15, -0.1) is 0 Å². The minimum atomic E-state index is -3.67. The van der Waals surface area contributed by atoms with E-state index in [4.69, 9.17) is 14.6 Å². The highest BCUT2D eigenvalue weighted by atomic mass is 32.2. The van der Waals surface area contributed by atoms with Gasteiger partial charge in [-0.05, 0) is 55.2 Å². The van der Waals surface area contributed by atoms with Crippen LogP contribution in [0.5, 0.6) is 5.75 Å². The van der Waals surface area contributed by atoms with Gasteiger partial charge in [0.05, 0.1) is 18.6 Å². The predicted molar refractivity (Wildman–Crippen MR) is 123 cm³/mol. The lowest BCUT2D eigenvalue weighted by atomic mass is 10.1. The Morgan fingerprint density at radius 2 is 1.65 bits per heavy atom. The molecule has 0 saturated carbocycles. The van der Waals surface area contributed by atoms with Gasteiger partial charge < -0.3 is 20.1 Å². The summed E-state index contributed by atoms with van der Waals surface area (Å²) in [4.78, 5) is 4.77. The second-order valence-electron chi connectivity index (χ2n) is 6.86. The summed E-state index contributed by atoms with van der Waals surface area (Å²) in [6.07, 6.45) is 1.60. The maximum Gasteiger partial charge on any atom is 0.238 e. The Kier molecular flexibility index (Phi) is 10.3. The second-order valence-corrected chi connectivity index (χ2v) is 8.42. The summed E-state index contributed by atoms with van der Waals surface area (Å²) < 4.78 is 33.3. The van der Waals surface area contributed by atoms with Crippen molar-refractivity contribution in [3.63, 3.8) is 0 Å². The van der Waals surface area contributed by atoms with Crippen molar-refractivity contribution in [2.75, 3.05) is 33.4 Å². The average molecular weight is 449 g/mol. The molecule has 0 fully saturated rings. The van der Waals surface area contributed by atoms with Crippen molar-refractivity contribution in [1.82, 2.24) is 10.6 Å². The van der Waals surface area contributed by atoms with Crippen LogP contribution in [0.4, 0.5) is 0 Å². The Balaban J connectivity index is 1.91. The maximum atomic E-state index is 11.4. The van der Waals surface area contributed by atoms with Gasteiger partial charge in [-0.3, -0.25) is 0 Å². The number of nitrogens with zero attached hydrogens (tertiary/aromatic N) is 1. The lowest BCUT2D eigenvalue weighted by molar-refractivity contribution is 0.145. The summed E-state index contributed by atoms with van der Waals surface area (Å²) in [5.74, 6) is 1.53. The Bertz CT molecular complexity index is 914. The van der Waals surface area contributed by atoms with Gasteiger partial charge in [-0.2, -0.15) is 0 Å². The van der Waals surface area contributed by atoms with Gasteiger partial charge >= 0.3 is 0 Å². The van der Waals surface area contributed by atoms with Crippen LogP contribution in [0.25, 0.3) is 0 Å². The number of sulfonamides is 1. The van der Waals surface area contributed by atoms with E-state index in [9.17, 15) is 8.42 Å². The Labute approximate surface area is 184 Å². The molecule has 0 unspecified atom stereocenters. The fraction of sp³-hybridized carbons (Fsp3) is 0.409. The monoisotopic (exact) mass is 448 g/mol. The minimum Gasteiger partial charge on any atom is -0.497 e. The van der Waals surface area contributed by atoms with Gasteiger partial charge in [0, 0.05) is 26.3 Å². The molecule has 0 atom stereocenters. The summed E-state index contributed by atoms with van der Waals surface area (Å²) in [6, 6.07) is 14.4. The van der Waals surface area contributed by atoms with E-state index in [0.29, 0.717) is 38.7 Å². The van der Waals surface area contributed by atoms with Gasteiger partial charge in [0.15, 0.2) is 5.96 Å². The first kappa shape index (κ1) is 24.6. The molecule has 0 bridgehead atoms. The molecule has 0 heterocycles. The van der Waals surface area contributed by atoms with E-state index in [1.54, 1.807) is 19.2 Å². The third kappa shape index (κ3) is 9.37. The number of ether oxygens (including phenoxy) is 2. The molecule has 170 valence electrons. The number of aliphatic imine (C=N–C) groups is 1. The maximum absolute atomic E-state index is 11.4. The van der Waals surface area contributed by atoms with E-state index < -0.39 is 10.0 Å². The highest BCUT2D eigenvalue weighted by Crippen LogP contribution is 2.12. The number of rotatable bonds is 12. The van der Waals surface area contributed by atoms with E-state index in [-0.39, 0.29) is 4.90 Å². The number of nitrogens with one attached hydrogen (secondary N) is 2. The van der Waals surface area contributed by atoms with Crippen molar-refractivity contribution >= 4 is 16.0 Å². The molecule has 0 aliphatic heterocycles. The fourth-order valence-corrected chi connectivity index (χ4v) is 3.29. The molecule has 4 N–H and O–H groups in total. The van der Waals surface area contributed by atoms with Gasteiger partial charge in [0.2, 0.25) is 10.0 Å². The van der Waals surface area contributed by atoms with Crippen LogP contribution >= 0.6 is 0 Å². The molecule has 0 spiro atoms. The topological polar surface area (TPSA) is 115 Å². The molecule has 2 aromatic carbocycles.